The van der Waals surface area contributed by atoms with Crippen molar-refractivity contribution in [3.63, 3.8) is 0 Å². The van der Waals surface area contributed by atoms with Crippen molar-refractivity contribution in [1.29, 1.82) is 0 Å². The van der Waals surface area contributed by atoms with Crippen LogP contribution in [0.2, 0.25) is 0 Å². The summed E-state index contributed by atoms with van der Waals surface area (Å²) in [7, 11) is 0. The van der Waals surface area contributed by atoms with Crippen molar-refractivity contribution >= 4 is 108 Å². The molecule has 0 spiro atoms. The van der Waals surface area contributed by atoms with Crippen LogP contribution < -0.4 is 0 Å². The molecule has 0 bridgehead atoms. The molecule has 0 unspecified atom stereocenters. The molecule has 264 valence electrons. The van der Waals surface area contributed by atoms with Crippen LogP contribution in [0.15, 0.2) is 192 Å². The van der Waals surface area contributed by atoms with Crippen molar-refractivity contribution in [2.45, 2.75) is 0 Å². The second-order valence-corrected chi connectivity index (χ2v) is 16.3. The summed E-state index contributed by atoms with van der Waals surface area (Å²) < 4.78 is 11.8. The average Bonchev–Trinajstić information content (AvgIpc) is 3.94. The fraction of sp³-hybridized carbons (Fsp3) is 0. The van der Waals surface area contributed by atoms with E-state index in [2.05, 4.69) is 193 Å². The molecule has 0 N–H and O–H groups in total. The number of hydrogen-bond donors (Lipinski definition) is 0. The van der Waals surface area contributed by atoms with E-state index in [1.165, 1.54) is 85.4 Å². The van der Waals surface area contributed by atoms with Crippen molar-refractivity contribution in [2.75, 3.05) is 0 Å². The zero-order chi connectivity index (χ0) is 37.2. The zero-order valence-corrected chi connectivity index (χ0v) is 31.5. The predicted molar refractivity (Wildman–Crippen MR) is 244 cm³/mol. The van der Waals surface area contributed by atoms with Gasteiger partial charge in [0.25, 0.3) is 0 Å². The largest absolute Gasteiger partial charge is 0.456 e. The molecule has 0 saturated heterocycles. The standard InChI is InChI=1S/C54H31NOS/c1-3-13-39-37(11-1)38-12-2-4-14-40(38)46-31-52-47(30-45(39)46)43-23-21-33(29-51(43)56-52)35-25-34(32-22-24-54-48(28-32)44-17-7-10-20-53(44)57-54)26-36(27-35)55-49-18-8-5-15-41(49)42-16-6-9-19-50(42)55/h1-31H. The van der Waals surface area contributed by atoms with Crippen molar-refractivity contribution in [3.8, 4) is 27.9 Å². The number of para-hydroxylation sites is 2. The van der Waals surface area contributed by atoms with Gasteiger partial charge in [0.05, 0.1) is 11.0 Å². The van der Waals surface area contributed by atoms with E-state index in [1.54, 1.807) is 0 Å². The fourth-order valence-electron chi connectivity index (χ4n) is 9.53. The van der Waals surface area contributed by atoms with Crippen LogP contribution in [0.4, 0.5) is 0 Å². The number of aromatic nitrogens is 1. The summed E-state index contributed by atoms with van der Waals surface area (Å²) in [6.07, 6.45) is 0. The number of fused-ring (bicyclic) bond motifs is 15. The zero-order valence-electron chi connectivity index (χ0n) is 30.7. The maximum Gasteiger partial charge on any atom is 0.136 e. The summed E-state index contributed by atoms with van der Waals surface area (Å²) in [6, 6.07) is 69.1. The molecule has 0 aliphatic carbocycles. The Bertz CT molecular complexity index is 3770. The van der Waals surface area contributed by atoms with Crippen LogP contribution in [0.1, 0.15) is 0 Å². The summed E-state index contributed by atoms with van der Waals surface area (Å²) in [6.45, 7) is 0. The van der Waals surface area contributed by atoms with Crippen LogP contribution in [0.5, 0.6) is 0 Å². The Kier molecular flexibility index (Phi) is 6.35. The maximum absolute atomic E-state index is 6.79. The van der Waals surface area contributed by atoms with Crippen LogP contribution in [0.3, 0.4) is 0 Å². The number of benzene rings is 10. The van der Waals surface area contributed by atoms with Gasteiger partial charge >= 0.3 is 0 Å². The van der Waals surface area contributed by atoms with Crippen LogP contribution in [-0.2, 0) is 0 Å². The number of thiophene rings is 1. The molecule has 0 fully saturated rings. The van der Waals surface area contributed by atoms with Gasteiger partial charge in [0.1, 0.15) is 11.2 Å². The highest BCUT2D eigenvalue weighted by atomic mass is 32.1. The Balaban J connectivity index is 1.05. The summed E-state index contributed by atoms with van der Waals surface area (Å²) >= 11 is 1.86. The lowest BCUT2D eigenvalue weighted by atomic mass is 9.93. The van der Waals surface area contributed by atoms with E-state index >= 15 is 0 Å². The molecule has 3 aromatic heterocycles. The van der Waals surface area contributed by atoms with Gasteiger partial charge < -0.3 is 8.98 Å². The summed E-state index contributed by atoms with van der Waals surface area (Å²) in [5, 5.41) is 14.9. The van der Waals surface area contributed by atoms with Crippen LogP contribution in [-0.4, -0.2) is 4.57 Å². The quantitative estimate of drug-likeness (QED) is 0.165. The molecule has 0 aliphatic heterocycles. The second kappa shape index (κ2) is 11.7. The number of rotatable bonds is 3. The van der Waals surface area contributed by atoms with Crippen molar-refractivity contribution < 1.29 is 4.42 Å². The first-order chi connectivity index (χ1) is 28.2. The van der Waals surface area contributed by atoms with Crippen LogP contribution >= 0.6 is 11.3 Å². The lowest BCUT2D eigenvalue weighted by Gasteiger charge is -2.14. The number of hydrogen-bond acceptors (Lipinski definition) is 2. The van der Waals surface area contributed by atoms with Crippen molar-refractivity contribution in [1.82, 2.24) is 4.57 Å². The monoisotopic (exact) mass is 741 g/mol. The molecular formula is C54H31NOS. The van der Waals surface area contributed by atoms with E-state index < -0.39 is 0 Å². The van der Waals surface area contributed by atoms with Gasteiger partial charge in [-0.2, -0.15) is 0 Å². The van der Waals surface area contributed by atoms with Crippen LogP contribution in [0.25, 0.3) is 124 Å². The molecule has 13 rings (SSSR count). The van der Waals surface area contributed by atoms with E-state index in [4.69, 9.17) is 4.42 Å². The average molecular weight is 742 g/mol. The molecule has 57 heavy (non-hydrogen) atoms. The van der Waals surface area contributed by atoms with Crippen LogP contribution in [0, 0.1) is 0 Å². The number of furan rings is 1. The Morgan fingerprint density at radius 3 is 1.49 bits per heavy atom. The molecular weight excluding hydrogens is 711 g/mol. The maximum atomic E-state index is 6.79. The van der Waals surface area contributed by atoms with E-state index in [0.29, 0.717) is 0 Å². The normalized spacial score (nSPS) is 12.2. The first kappa shape index (κ1) is 31.1. The van der Waals surface area contributed by atoms with Gasteiger partial charge in [-0.1, -0.05) is 115 Å². The highest BCUT2D eigenvalue weighted by Crippen LogP contribution is 2.43. The molecule has 3 heteroatoms. The third-order valence-corrected chi connectivity index (χ3v) is 13.3. The third-order valence-electron chi connectivity index (χ3n) is 12.1. The minimum atomic E-state index is 0.890. The molecule has 0 amide bonds. The summed E-state index contributed by atoms with van der Waals surface area (Å²) in [5.41, 5.74) is 9.96. The predicted octanol–water partition coefficient (Wildman–Crippen LogP) is 15.8. The molecule has 10 aromatic carbocycles. The molecule has 13 aromatic rings. The van der Waals surface area contributed by atoms with Crippen molar-refractivity contribution in [2.24, 2.45) is 0 Å². The molecule has 0 saturated carbocycles. The molecule has 0 aliphatic rings. The Labute approximate surface area is 331 Å². The third kappa shape index (κ3) is 4.52. The second-order valence-electron chi connectivity index (χ2n) is 15.2. The summed E-state index contributed by atoms with van der Waals surface area (Å²) in [4.78, 5) is 0. The van der Waals surface area contributed by atoms with E-state index in [9.17, 15) is 0 Å². The highest BCUT2D eigenvalue weighted by molar-refractivity contribution is 7.25. The topological polar surface area (TPSA) is 18.1 Å². The van der Waals surface area contributed by atoms with Gasteiger partial charge in [-0.15, -0.1) is 11.3 Å². The molecule has 0 radical (unpaired) electrons. The van der Waals surface area contributed by atoms with Gasteiger partial charge in [-0.05, 0) is 127 Å². The molecule has 3 heterocycles. The van der Waals surface area contributed by atoms with E-state index in [0.717, 1.165) is 38.8 Å². The lowest BCUT2D eigenvalue weighted by molar-refractivity contribution is 0.669. The van der Waals surface area contributed by atoms with Gasteiger partial charge in [0.2, 0.25) is 0 Å². The molecule has 0 atom stereocenters. The molecule has 2 nitrogen and oxygen atoms in total. The Morgan fingerprint density at radius 1 is 0.298 bits per heavy atom. The van der Waals surface area contributed by atoms with E-state index in [1.807, 2.05) is 11.3 Å². The fourth-order valence-corrected chi connectivity index (χ4v) is 10.6. The van der Waals surface area contributed by atoms with Gasteiger partial charge in [0, 0.05) is 47.4 Å². The van der Waals surface area contributed by atoms with Gasteiger partial charge in [0.15, 0.2) is 0 Å². The van der Waals surface area contributed by atoms with Gasteiger partial charge in [-0.3, -0.25) is 0 Å². The minimum Gasteiger partial charge on any atom is -0.456 e. The summed E-state index contributed by atoms with van der Waals surface area (Å²) in [5.74, 6) is 0. The SMILES string of the molecule is c1ccc2c(c1)sc1ccc(-c3cc(-c4ccc5c(c4)oc4cc6c7ccccc7c7ccccc7c6cc45)cc(-n4c5ccccc5c5ccccc54)c3)cc12. The lowest BCUT2D eigenvalue weighted by Crippen LogP contribution is -1.96. The Morgan fingerprint density at radius 2 is 0.807 bits per heavy atom. The Hall–Kier alpha value is -7.20. The van der Waals surface area contributed by atoms with E-state index in [-0.39, 0.29) is 0 Å². The minimum absolute atomic E-state index is 0.890. The highest BCUT2D eigenvalue weighted by Gasteiger charge is 2.18. The first-order valence-electron chi connectivity index (χ1n) is 19.5. The van der Waals surface area contributed by atoms with Crippen molar-refractivity contribution in [3.05, 3.63) is 188 Å². The van der Waals surface area contributed by atoms with Gasteiger partial charge in [-0.25, -0.2) is 0 Å². The first-order valence-corrected chi connectivity index (χ1v) is 20.3. The smallest absolute Gasteiger partial charge is 0.136 e. The number of nitrogens with zero attached hydrogens (tertiary/aromatic N) is 1.